The number of rotatable bonds is 6. The van der Waals surface area contributed by atoms with E-state index in [1.54, 1.807) is 0 Å². The van der Waals surface area contributed by atoms with E-state index in [0.717, 1.165) is 45.8 Å². The van der Waals surface area contributed by atoms with Gasteiger partial charge in [-0.3, -0.25) is 0 Å². The largest absolute Gasteiger partial charge is 0.382 e. The molecule has 100 valence electrons. The number of nitrogens with one attached hydrogen (secondary N) is 1. The first-order chi connectivity index (χ1) is 8.90. The van der Waals surface area contributed by atoms with E-state index < -0.39 is 0 Å². The molecule has 1 atom stereocenters. The van der Waals surface area contributed by atoms with Crippen molar-refractivity contribution in [3.05, 3.63) is 35.9 Å². The lowest BCUT2D eigenvalue weighted by Crippen LogP contribution is -2.46. The first-order valence-electron chi connectivity index (χ1n) is 6.98. The van der Waals surface area contributed by atoms with Gasteiger partial charge in [-0.15, -0.1) is 0 Å². The molecule has 1 aliphatic rings. The third kappa shape index (κ3) is 4.09. The minimum Gasteiger partial charge on any atom is -0.382 e. The molecule has 0 radical (unpaired) electrons. The van der Waals surface area contributed by atoms with Crippen molar-refractivity contribution in [1.29, 1.82) is 0 Å². The Bertz CT molecular complexity index is 329. The Balaban J connectivity index is 1.78. The number of benzene rings is 1. The highest BCUT2D eigenvalue weighted by molar-refractivity contribution is 5.19. The average Bonchev–Trinajstić information content (AvgIpc) is 2.45. The van der Waals surface area contributed by atoms with Crippen molar-refractivity contribution in [2.45, 2.75) is 19.4 Å². The van der Waals surface area contributed by atoms with Crippen LogP contribution in [0.2, 0.25) is 0 Å². The molecular weight excluding hydrogens is 224 g/mol. The number of hydrogen-bond donors (Lipinski definition) is 1. The van der Waals surface area contributed by atoms with Crippen LogP contribution in [0.4, 0.5) is 0 Å². The topological polar surface area (TPSA) is 24.5 Å². The molecule has 1 N–H and O–H groups in total. The molecule has 0 aromatic heterocycles. The fourth-order valence-electron chi connectivity index (χ4n) is 2.46. The quantitative estimate of drug-likeness (QED) is 0.780. The van der Waals surface area contributed by atoms with Crippen molar-refractivity contribution in [3.63, 3.8) is 0 Å². The molecule has 1 heterocycles. The van der Waals surface area contributed by atoms with Crippen molar-refractivity contribution in [3.8, 4) is 0 Å². The molecule has 1 aliphatic heterocycles. The molecule has 0 bridgehead atoms. The van der Waals surface area contributed by atoms with Crippen molar-refractivity contribution in [2.75, 3.05) is 39.4 Å². The Morgan fingerprint density at radius 1 is 1.33 bits per heavy atom. The van der Waals surface area contributed by atoms with E-state index in [0.29, 0.717) is 6.04 Å². The van der Waals surface area contributed by atoms with Crippen molar-refractivity contribution in [1.82, 2.24) is 10.2 Å². The highest BCUT2D eigenvalue weighted by Crippen LogP contribution is 2.16. The molecule has 0 spiro atoms. The fourth-order valence-corrected chi connectivity index (χ4v) is 2.46. The Morgan fingerprint density at radius 3 is 2.94 bits per heavy atom. The summed E-state index contributed by atoms with van der Waals surface area (Å²) < 4.78 is 5.39. The molecule has 2 rings (SSSR count). The molecule has 1 saturated heterocycles. The number of hydrogen-bond acceptors (Lipinski definition) is 3. The molecule has 1 aromatic rings. The maximum atomic E-state index is 5.39. The van der Waals surface area contributed by atoms with Crippen LogP contribution in [0.1, 0.15) is 24.9 Å². The lowest BCUT2D eigenvalue weighted by molar-refractivity contribution is 0.123. The molecule has 1 unspecified atom stereocenters. The number of ether oxygens (including phenoxy) is 1. The molecule has 3 nitrogen and oxygen atoms in total. The molecule has 3 heteroatoms. The summed E-state index contributed by atoms with van der Waals surface area (Å²) in [7, 11) is 0. The summed E-state index contributed by atoms with van der Waals surface area (Å²) in [4.78, 5) is 2.53. The first kappa shape index (κ1) is 13.5. The molecule has 1 fully saturated rings. The second kappa shape index (κ2) is 7.52. The smallest absolute Gasteiger partial charge is 0.0478 e. The van der Waals surface area contributed by atoms with Crippen LogP contribution in [0.3, 0.4) is 0 Å². The van der Waals surface area contributed by atoms with Crippen molar-refractivity contribution >= 4 is 0 Å². The Labute approximate surface area is 110 Å². The van der Waals surface area contributed by atoms with Crippen LogP contribution < -0.4 is 5.32 Å². The molecule has 0 amide bonds. The lowest BCUT2D eigenvalue weighted by atomic mass is 10.0. The van der Waals surface area contributed by atoms with Gasteiger partial charge in [0.25, 0.3) is 0 Å². The normalized spacial score (nSPS) is 21.1. The molecular formula is C15H24N2O. The fraction of sp³-hybridized carbons (Fsp3) is 0.600. The lowest BCUT2D eigenvalue weighted by Gasteiger charge is -2.34. The van der Waals surface area contributed by atoms with Gasteiger partial charge in [-0.1, -0.05) is 30.3 Å². The standard InChI is InChI=1S/C15H24N2O/c1-2-18-12-6-10-17-11-9-16-15(13-17)14-7-4-3-5-8-14/h3-5,7-8,15-16H,2,6,9-13H2,1H3. The maximum absolute atomic E-state index is 5.39. The third-order valence-corrected chi connectivity index (χ3v) is 3.43. The van der Waals surface area contributed by atoms with E-state index in [4.69, 9.17) is 4.74 Å². The van der Waals surface area contributed by atoms with Gasteiger partial charge in [0.05, 0.1) is 0 Å². The minimum absolute atomic E-state index is 0.479. The average molecular weight is 248 g/mol. The van der Waals surface area contributed by atoms with Crippen LogP contribution in [0, 0.1) is 0 Å². The van der Waals surface area contributed by atoms with Gasteiger partial charge in [-0.05, 0) is 18.9 Å². The third-order valence-electron chi connectivity index (χ3n) is 3.43. The SMILES string of the molecule is CCOCCCN1CCNC(c2ccccc2)C1. The Kier molecular flexibility index (Phi) is 5.65. The van der Waals surface area contributed by atoms with Crippen molar-refractivity contribution in [2.24, 2.45) is 0 Å². The van der Waals surface area contributed by atoms with Gasteiger partial charge >= 0.3 is 0 Å². The van der Waals surface area contributed by atoms with Crippen molar-refractivity contribution < 1.29 is 4.74 Å². The summed E-state index contributed by atoms with van der Waals surface area (Å²) in [6, 6.07) is 11.2. The number of nitrogens with zero attached hydrogens (tertiary/aromatic N) is 1. The minimum atomic E-state index is 0.479. The summed E-state index contributed by atoms with van der Waals surface area (Å²) >= 11 is 0. The van der Waals surface area contributed by atoms with E-state index >= 15 is 0 Å². The molecule has 0 aliphatic carbocycles. The molecule has 18 heavy (non-hydrogen) atoms. The van der Waals surface area contributed by atoms with E-state index in [2.05, 4.69) is 47.5 Å². The Morgan fingerprint density at radius 2 is 2.17 bits per heavy atom. The summed E-state index contributed by atoms with van der Waals surface area (Å²) in [5, 5.41) is 3.59. The maximum Gasteiger partial charge on any atom is 0.0478 e. The highest BCUT2D eigenvalue weighted by Gasteiger charge is 2.19. The van der Waals surface area contributed by atoms with Crippen LogP contribution in [-0.4, -0.2) is 44.3 Å². The van der Waals surface area contributed by atoms with E-state index in [1.165, 1.54) is 5.56 Å². The van der Waals surface area contributed by atoms with Crippen LogP contribution in [0.15, 0.2) is 30.3 Å². The predicted octanol–water partition coefficient (Wildman–Crippen LogP) is 2.06. The van der Waals surface area contributed by atoms with Gasteiger partial charge < -0.3 is 15.0 Å². The Hall–Kier alpha value is -0.900. The monoisotopic (exact) mass is 248 g/mol. The zero-order valence-corrected chi connectivity index (χ0v) is 11.3. The van der Waals surface area contributed by atoms with Gasteiger partial charge in [0.1, 0.15) is 0 Å². The van der Waals surface area contributed by atoms with Crippen LogP contribution in [0.5, 0.6) is 0 Å². The predicted molar refractivity (Wildman–Crippen MR) is 74.7 cm³/mol. The molecule has 1 aromatic carbocycles. The zero-order chi connectivity index (χ0) is 12.6. The molecule has 0 saturated carbocycles. The summed E-state index contributed by atoms with van der Waals surface area (Å²) in [5.41, 5.74) is 1.40. The van der Waals surface area contributed by atoms with E-state index in [1.807, 2.05) is 0 Å². The highest BCUT2D eigenvalue weighted by atomic mass is 16.5. The van der Waals surface area contributed by atoms with Gasteiger partial charge in [0, 0.05) is 45.4 Å². The first-order valence-corrected chi connectivity index (χ1v) is 6.98. The van der Waals surface area contributed by atoms with Gasteiger partial charge in [0.15, 0.2) is 0 Å². The van der Waals surface area contributed by atoms with E-state index in [-0.39, 0.29) is 0 Å². The van der Waals surface area contributed by atoms with Gasteiger partial charge in [-0.2, -0.15) is 0 Å². The van der Waals surface area contributed by atoms with Gasteiger partial charge in [0.2, 0.25) is 0 Å². The summed E-state index contributed by atoms with van der Waals surface area (Å²) in [6.45, 7) is 8.24. The van der Waals surface area contributed by atoms with Crippen LogP contribution in [0.25, 0.3) is 0 Å². The second-order valence-electron chi connectivity index (χ2n) is 4.77. The second-order valence-corrected chi connectivity index (χ2v) is 4.77. The summed E-state index contributed by atoms with van der Waals surface area (Å²) in [5.74, 6) is 0. The van der Waals surface area contributed by atoms with Crippen LogP contribution in [-0.2, 0) is 4.74 Å². The summed E-state index contributed by atoms with van der Waals surface area (Å²) in [6.07, 6.45) is 1.13. The number of piperazine rings is 1. The van der Waals surface area contributed by atoms with E-state index in [9.17, 15) is 0 Å². The van der Waals surface area contributed by atoms with Gasteiger partial charge in [-0.25, -0.2) is 0 Å². The zero-order valence-electron chi connectivity index (χ0n) is 11.3. The van der Waals surface area contributed by atoms with Crippen LogP contribution >= 0.6 is 0 Å².